The summed E-state index contributed by atoms with van der Waals surface area (Å²) in [5.41, 5.74) is 0.505. The number of hydrogen-bond acceptors (Lipinski definition) is 2. The van der Waals surface area contributed by atoms with Gasteiger partial charge >= 0.3 is 0 Å². The predicted octanol–water partition coefficient (Wildman–Crippen LogP) is 2.54. The van der Waals surface area contributed by atoms with Crippen molar-refractivity contribution in [3.63, 3.8) is 0 Å². The molecule has 2 aliphatic rings. The van der Waals surface area contributed by atoms with Crippen LogP contribution >= 0.6 is 11.8 Å². The molecule has 2 rings (SSSR count). The minimum atomic E-state index is -0.0868. The third-order valence-electron chi connectivity index (χ3n) is 5.01. The van der Waals surface area contributed by atoms with Gasteiger partial charge in [-0.05, 0) is 35.8 Å². The highest BCUT2D eigenvalue weighted by Gasteiger charge is 2.65. The van der Waals surface area contributed by atoms with E-state index in [1.54, 1.807) is 0 Å². The topological polar surface area (TPSA) is 20.2 Å². The molecule has 2 fully saturated rings. The van der Waals surface area contributed by atoms with Gasteiger partial charge in [-0.2, -0.15) is 11.8 Å². The van der Waals surface area contributed by atoms with Crippen molar-refractivity contribution in [1.29, 1.82) is 0 Å². The lowest BCUT2D eigenvalue weighted by atomic mass is 9.70. The minimum Gasteiger partial charge on any atom is -0.391 e. The number of aliphatic hydroxyl groups is 1. The van der Waals surface area contributed by atoms with E-state index in [1.807, 2.05) is 11.8 Å². The van der Waals surface area contributed by atoms with Crippen molar-refractivity contribution in [2.45, 2.75) is 45.0 Å². The summed E-state index contributed by atoms with van der Waals surface area (Å²) in [5, 5.41) is 10.7. The second-order valence-electron chi connectivity index (χ2n) is 5.43. The molecule has 0 aliphatic heterocycles. The van der Waals surface area contributed by atoms with Crippen molar-refractivity contribution in [3.8, 4) is 0 Å². The van der Waals surface area contributed by atoms with Gasteiger partial charge in [0.05, 0.1) is 6.10 Å². The molecule has 4 atom stereocenters. The number of aliphatic hydroxyl groups excluding tert-OH is 1. The zero-order chi connectivity index (χ0) is 9.85. The summed E-state index contributed by atoms with van der Waals surface area (Å²) >= 11 is 1.85. The molecule has 0 aromatic rings. The highest BCUT2D eigenvalue weighted by atomic mass is 32.2. The summed E-state index contributed by atoms with van der Waals surface area (Å²) in [5.74, 6) is 0.725. The molecule has 1 N–H and O–H groups in total. The van der Waals surface area contributed by atoms with Gasteiger partial charge in [0.25, 0.3) is 0 Å². The van der Waals surface area contributed by atoms with E-state index in [4.69, 9.17) is 0 Å². The van der Waals surface area contributed by atoms with E-state index >= 15 is 0 Å². The number of fused-ring (bicyclic) bond motifs is 2. The quantitative estimate of drug-likeness (QED) is 0.702. The standard InChI is InChI=1S/C11H20OS/c1-10(2)7-5-6-11(10,3)9(12)8(7)13-4/h7-9,12H,5-6H2,1-4H3/t7-,8+,9+,11+/m1/s1. The average Bonchev–Trinajstić information content (AvgIpc) is 2.36. The Hall–Kier alpha value is 0.310. The Labute approximate surface area is 85.3 Å². The Morgan fingerprint density at radius 1 is 1.31 bits per heavy atom. The Kier molecular flexibility index (Phi) is 2.02. The fourth-order valence-electron chi connectivity index (χ4n) is 3.54. The van der Waals surface area contributed by atoms with Crippen LogP contribution in [0.2, 0.25) is 0 Å². The Morgan fingerprint density at radius 3 is 2.23 bits per heavy atom. The van der Waals surface area contributed by atoms with Crippen molar-refractivity contribution in [2.24, 2.45) is 16.7 Å². The normalized spacial score (nSPS) is 52.8. The molecule has 0 radical (unpaired) electrons. The third-order valence-corrected chi connectivity index (χ3v) is 6.14. The van der Waals surface area contributed by atoms with Crippen LogP contribution in [0, 0.1) is 16.7 Å². The first kappa shape index (κ1) is 9.85. The zero-order valence-electron chi connectivity index (χ0n) is 9.00. The lowest BCUT2D eigenvalue weighted by molar-refractivity contribution is 0.0148. The SMILES string of the molecule is CS[C@H]1[C@H]2CC[C@@](C)([C@H]1O)C2(C)C. The van der Waals surface area contributed by atoms with Gasteiger partial charge in [0.15, 0.2) is 0 Å². The number of rotatable bonds is 1. The van der Waals surface area contributed by atoms with E-state index in [9.17, 15) is 5.11 Å². The van der Waals surface area contributed by atoms with Crippen molar-refractivity contribution in [3.05, 3.63) is 0 Å². The fourth-order valence-corrected chi connectivity index (χ4v) is 4.90. The molecule has 0 spiro atoms. The summed E-state index contributed by atoms with van der Waals surface area (Å²) in [7, 11) is 0. The van der Waals surface area contributed by atoms with E-state index in [-0.39, 0.29) is 11.5 Å². The predicted molar refractivity (Wildman–Crippen MR) is 57.9 cm³/mol. The second kappa shape index (κ2) is 2.66. The molecule has 0 aromatic heterocycles. The van der Waals surface area contributed by atoms with Crippen molar-refractivity contribution >= 4 is 11.8 Å². The molecule has 2 heteroatoms. The van der Waals surface area contributed by atoms with Crippen LogP contribution in [0.4, 0.5) is 0 Å². The molecule has 1 nitrogen and oxygen atoms in total. The Morgan fingerprint density at radius 2 is 1.92 bits per heavy atom. The van der Waals surface area contributed by atoms with Crippen LogP contribution in [-0.2, 0) is 0 Å². The molecule has 0 aromatic carbocycles. The molecule has 0 unspecified atom stereocenters. The van der Waals surface area contributed by atoms with E-state index in [2.05, 4.69) is 27.0 Å². The number of thioether (sulfide) groups is 1. The summed E-state index contributed by atoms with van der Waals surface area (Å²) in [4.78, 5) is 0. The summed E-state index contributed by atoms with van der Waals surface area (Å²) < 4.78 is 0. The van der Waals surface area contributed by atoms with Crippen LogP contribution in [0.25, 0.3) is 0 Å². The molecule has 0 amide bonds. The fraction of sp³-hybridized carbons (Fsp3) is 1.00. The summed E-state index contributed by atoms with van der Waals surface area (Å²) in [6.07, 6.45) is 4.57. The largest absolute Gasteiger partial charge is 0.391 e. The Bertz CT molecular complexity index is 226. The maximum atomic E-state index is 10.3. The monoisotopic (exact) mass is 200 g/mol. The highest BCUT2D eigenvalue weighted by molar-refractivity contribution is 7.99. The van der Waals surface area contributed by atoms with E-state index in [1.165, 1.54) is 12.8 Å². The first-order valence-corrected chi connectivity index (χ1v) is 6.45. The maximum Gasteiger partial charge on any atom is 0.0720 e. The summed E-state index contributed by atoms with van der Waals surface area (Å²) in [6.45, 7) is 6.95. The van der Waals surface area contributed by atoms with E-state index in [0.29, 0.717) is 10.7 Å². The second-order valence-corrected chi connectivity index (χ2v) is 6.45. The van der Waals surface area contributed by atoms with Gasteiger partial charge in [-0.15, -0.1) is 0 Å². The molecule has 0 heterocycles. The van der Waals surface area contributed by atoms with Crippen molar-refractivity contribution in [2.75, 3.05) is 6.26 Å². The maximum absolute atomic E-state index is 10.3. The molecule has 2 saturated carbocycles. The number of hydrogen-bond donors (Lipinski definition) is 1. The van der Waals surface area contributed by atoms with Gasteiger partial charge < -0.3 is 5.11 Å². The van der Waals surface area contributed by atoms with Crippen LogP contribution < -0.4 is 0 Å². The van der Waals surface area contributed by atoms with E-state index in [0.717, 1.165) is 5.92 Å². The van der Waals surface area contributed by atoms with Crippen LogP contribution in [0.1, 0.15) is 33.6 Å². The molecule has 2 aliphatic carbocycles. The van der Waals surface area contributed by atoms with Crippen LogP contribution in [0.3, 0.4) is 0 Å². The zero-order valence-corrected chi connectivity index (χ0v) is 9.82. The summed E-state index contributed by atoms with van der Waals surface area (Å²) in [6, 6.07) is 0. The first-order chi connectivity index (χ1) is 5.95. The van der Waals surface area contributed by atoms with Crippen LogP contribution in [0.5, 0.6) is 0 Å². The molecule has 13 heavy (non-hydrogen) atoms. The smallest absolute Gasteiger partial charge is 0.0720 e. The van der Waals surface area contributed by atoms with Gasteiger partial charge in [-0.25, -0.2) is 0 Å². The van der Waals surface area contributed by atoms with Gasteiger partial charge in [0.1, 0.15) is 0 Å². The lowest BCUT2D eigenvalue weighted by Crippen LogP contribution is -2.38. The van der Waals surface area contributed by atoms with Crippen LogP contribution in [-0.4, -0.2) is 22.7 Å². The molecule has 76 valence electrons. The van der Waals surface area contributed by atoms with Crippen molar-refractivity contribution in [1.82, 2.24) is 0 Å². The van der Waals surface area contributed by atoms with Gasteiger partial charge in [-0.1, -0.05) is 20.8 Å². The van der Waals surface area contributed by atoms with E-state index < -0.39 is 0 Å². The van der Waals surface area contributed by atoms with Crippen LogP contribution in [0.15, 0.2) is 0 Å². The molecular weight excluding hydrogens is 180 g/mol. The van der Waals surface area contributed by atoms with Crippen molar-refractivity contribution < 1.29 is 5.11 Å². The molecule has 0 saturated heterocycles. The molecular formula is C11H20OS. The van der Waals surface area contributed by atoms with Gasteiger partial charge in [-0.3, -0.25) is 0 Å². The average molecular weight is 200 g/mol. The molecule has 2 bridgehead atoms. The van der Waals surface area contributed by atoms with Gasteiger partial charge in [0.2, 0.25) is 0 Å². The first-order valence-electron chi connectivity index (χ1n) is 5.16. The van der Waals surface area contributed by atoms with Gasteiger partial charge in [0, 0.05) is 5.25 Å². The minimum absolute atomic E-state index is 0.0868. The third kappa shape index (κ3) is 0.940. The Balaban J connectivity index is 2.39. The highest BCUT2D eigenvalue weighted by Crippen LogP contribution is 2.67. The lowest BCUT2D eigenvalue weighted by Gasteiger charge is -2.37.